The lowest BCUT2D eigenvalue weighted by Crippen LogP contribution is -3.27. The number of allylic oxidation sites excluding steroid dienone is 2. The first-order valence-electron chi connectivity index (χ1n) is 8.68. The van der Waals surface area contributed by atoms with Crippen LogP contribution in [-0.4, -0.2) is 32.7 Å². The molecule has 0 bridgehead atoms. The number of nitrogens with one attached hydrogen (secondary N) is 2. The van der Waals surface area contributed by atoms with E-state index in [2.05, 4.69) is 43.3 Å². The van der Waals surface area contributed by atoms with Crippen molar-refractivity contribution in [2.75, 3.05) is 32.7 Å². The monoisotopic (exact) mass is 286 g/mol. The molecule has 1 heterocycles. The van der Waals surface area contributed by atoms with Crippen LogP contribution in [0.2, 0.25) is 0 Å². The molecule has 3 rings (SSSR count). The average Bonchev–Trinajstić information content (AvgIpc) is 2.52. The van der Waals surface area contributed by atoms with Gasteiger partial charge in [-0.1, -0.05) is 36.4 Å². The van der Waals surface area contributed by atoms with Crippen LogP contribution in [0.15, 0.2) is 36.4 Å². The third kappa shape index (κ3) is 4.18. The molecule has 2 heteroatoms. The van der Waals surface area contributed by atoms with Crippen LogP contribution in [0.3, 0.4) is 0 Å². The van der Waals surface area contributed by atoms with Crippen LogP contribution in [0.5, 0.6) is 0 Å². The third-order valence-electron chi connectivity index (χ3n) is 5.32. The van der Waals surface area contributed by atoms with E-state index in [0.717, 1.165) is 5.92 Å². The van der Waals surface area contributed by atoms with Gasteiger partial charge < -0.3 is 9.80 Å². The molecule has 114 valence electrons. The van der Waals surface area contributed by atoms with Gasteiger partial charge in [-0.3, -0.25) is 0 Å². The Morgan fingerprint density at radius 3 is 2.48 bits per heavy atom. The van der Waals surface area contributed by atoms with E-state index in [0.29, 0.717) is 0 Å². The second-order valence-electron chi connectivity index (χ2n) is 6.96. The van der Waals surface area contributed by atoms with Gasteiger partial charge in [0.15, 0.2) is 0 Å². The molecule has 1 fully saturated rings. The summed E-state index contributed by atoms with van der Waals surface area (Å²) >= 11 is 0. The fraction of sp³-hybridized carbons (Fsp3) is 0.579. The van der Waals surface area contributed by atoms with Crippen LogP contribution in [0.4, 0.5) is 0 Å². The summed E-state index contributed by atoms with van der Waals surface area (Å²) in [7, 11) is 0. The molecule has 1 aromatic rings. The molecule has 0 saturated carbocycles. The molecule has 21 heavy (non-hydrogen) atoms. The molecule has 0 amide bonds. The van der Waals surface area contributed by atoms with Crippen LogP contribution in [0.25, 0.3) is 0 Å². The molecule has 2 N–H and O–H groups in total. The van der Waals surface area contributed by atoms with E-state index < -0.39 is 0 Å². The summed E-state index contributed by atoms with van der Waals surface area (Å²) in [5.41, 5.74) is 2.99. The molecule has 0 radical (unpaired) electrons. The zero-order valence-corrected chi connectivity index (χ0v) is 13.4. The van der Waals surface area contributed by atoms with Gasteiger partial charge in [0.25, 0.3) is 0 Å². The molecule has 0 unspecified atom stereocenters. The van der Waals surface area contributed by atoms with Gasteiger partial charge in [-0.25, -0.2) is 0 Å². The molecule has 1 saturated heterocycles. The van der Waals surface area contributed by atoms with Gasteiger partial charge in [-0.15, -0.1) is 0 Å². The van der Waals surface area contributed by atoms with E-state index in [-0.39, 0.29) is 0 Å². The summed E-state index contributed by atoms with van der Waals surface area (Å²) in [5.74, 6) is 0.947. The zero-order chi connectivity index (χ0) is 14.5. The highest BCUT2D eigenvalue weighted by Gasteiger charge is 2.25. The van der Waals surface area contributed by atoms with Gasteiger partial charge in [0.2, 0.25) is 0 Å². The Labute approximate surface area is 129 Å². The van der Waals surface area contributed by atoms with Crippen molar-refractivity contribution in [3.63, 3.8) is 0 Å². The Morgan fingerprint density at radius 1 is 1.00 bits per heavy atom. The Balaban J connectivity index is 1.44. The van der Waals surface area contributed by atoms with Crippen molar-refractivity contribution in [3.8, 4) is 0 Å². The minimum Gasteiger partial charge on any atom is -0.325 e. The van der Waals surface area contributed by atoms with E-state index >= 15 is 0 Å². The number of hydrogen-bond donors (Lipinski definition) is 2. The quantitative estimate of drug-likeness (QED) is 0.752. The molecule has 1 aliphatic heterocycles. The van der Waals surface area contributed by atoms with Crippen molar-refractivity contribution < 1.29 is 9.80 Å². The van der Waals surface area contributed by atoms with Crippen molar-refractivity contribution in [2.24, 2.45) is 5.92 Å². The first-order chi connectivity index (χ1) is 10.3. The molecule has 1 aromatic carbocycles. The van der Waals surface area contributed by atoms with Gasteiger partial charge in [0.1, 0.15) is 32.7 Å². The lowest BCUT2D eigenvalue weighted by Gasteiger charge is -2.32. The smallest absolute Gasteiger partial charge is 0.127 e. The highest BCUT2D eigenvalue weighted by atomic mass is 15.3. The minimum absolute atomic E-state index is 0.947. The maximum Gasteiger partial charge on any atom is 0.127 e. The van der Waals surface area contributed by atoms with Crippen molar-refractivity contribution in [2.45, 2.75) is 32.7 Å². The van der Waals surface area contributed by atoms with Crippen LogP contribution < -0.4 is 9.80 Å². The highest BCUT2D eigenvalue weighted by molar-refractivity contribution is 5.24. The highest BCUT2D eigenvalue weighted by Crippen LogP contribution is 2.15. The largest absolute Gasteiger partial charge is 0.325 e. The third-order valence-corrected chi connectivity index (χ3v) is 5.32. The molecule has 2 nitrogen and oxygen atoms in total. The van der Waals surface area contributed by atoms with Gasteiger partial charge in [-0.05, 0) is 31.7 Å². The van der Waals surface area contributed by atoms with E-state index in [1.165, 1.54) is 69.7 Å². The van der Waals surface area contributed by atoms with Gasteiger partial charge in [0, 0.05) is 11.5 Å². The van der Waals surface area contributed by atoms with Crippen molar-refractivity contribution in [1.29, 1.82) is 0 Å². The lowest BCUT2D eigenvalue weighted by molar-refractivity contribution is -1.02. The topological polar surface area (TPSA) is 8.88 Å². The summed E-state index contributed by atoms with van der Waals surface area (Å²) in [6.07, 6.45) is 8.80. The Kier molecular flexibility index (Phi) is 5.10. The first kappa shape index (κ1) is 14.8. The molecule has 0 spiro atoms. The second kappa shape index (κ2) is 7.24. The van der Waals surface area contributed by atoms with E-state index in [1.807, 2.05) is 4.90 Å². The minimum atomic E-state index is 0.947. The van der Waals surface area contributed by atoms with Crippen molar-refractivity contribution in [1.82, 2.24) is 0 Å². The van der Waals surface area contributed by atoms with E-state index in [1.54, 1.807) is 4.90 Å². The van der Waals surface area contributed by atoms with Gasteiger partial charge in [0.05, 0.1) is 6.54 Å². The summed E-state index contributed by atoms with van der Waals surface area (Å²) in [5, 5.41) is 0. The average molecular weight is 286 g/mol. The van der Waals surface area contributed by atoms with Crippen LogP contribution >= 0.6 is 0 Å². The zero-order valence-electron chi connectivity index (χ0n) is 13.4. The lowest BCUT2D eigenvalue weighted by atomic mass is 9.94. The fourth-order valence-electron chi connectivity index (χ4n) is 3.87. The number of benzene rings is 1. The molecule has 1 aliphatic carbocycles. The Hall–Kier alpha value is -1.12. The normalized spacial score (nSPS) is 29.5. The fourth-order valence-corrected chi connectivity index (χ4v) is 3.87. The number of quaternary nitrogens is 2. The summed E-state index contributed by atoms with van der Waals surface area (Å²) in [6.45, 7) is 10.3. The number of hydrogen-bond acceptors (Lipinski definition) is 0. The first-order valence-corrected chi connectivity index (χ1v) is 8.68. The molecular formula is C19H30N2+2. The van der Waals surface area contributed by atoms with Crippen molar-refractivity contribution >= 4 is 0 Å². The Morgan fingerprint density at radius 2 is 1.76 bits per heavy atom. The van der Waals surface area contributed by atoms with E-state index in [4.69, 9.17) is 0 Å². The molecule has 1 atom stereocenters. The second-order valence-corrected chi connectivity index (χ2v) is 6.96. The van der Waals surface area contributed by atoms with Gasteiger partial charge in [-0.2, -0.15) is 0 Å². The Bertz CT molecular complexity index is 472. The maximum atomic E-state index is 2.40. The molecule has 0 aromatic heterocycles. The van der Waals surface area contributed by atoms with E-state index in [9.17, 15) is 0 Å². The molecular weight excluding hydrogens is 256 g/mol. The van der Waals surface area contributed by atoms with Gasteiger partial charge >= 0.3 is 0 Å². The predicted octanol–water partition coefficient (Wildman–Crippen LogP) is 0.635. The van der Waals surface area contributed by atoms with Crippen LogP contribution in [0.1, 0.15) is 30.4 Å². The van der Waals surface area contributed by atoms with Crippen LogP contribution in [-0.2, 0) is 6.54 Å². The molecule has 2 aliphatic rings. The summed E-state index contributed by atoms with van der Waals surface area (Å²) in [6, 6.07) is 8.87. The standard InChI is InChI=1S/C19H28N2/c1-17-7-5-6-10-19(17)16-21-13-11-20(12-14-21)15-18-8-3-2-4-9-18/h2-3,5-7,10,18H,4,8-9,11-16H2,1H3/p+2/t18-/m0/s1. The maximum absolute atomic E-state index is 2.40. The van der Waals surface area contributed by atoms with Crippen molar-refractivity contribution in [3.05, 3.63) is 47.5 Å². The summed E-state index contributed by atoms with van der Waals surface area (Å²) < 4.78 is 0. The predicted molar refractivity (Wildman–Crippen MR) is 87.6 cm³/mol. The number of rotatable bonds is 4. The summed E-state index contributed by atoms with van der Waals surface area (Å²) in [4.78, 5) is 3.63. The van der Waals surface area contributed by atoms with Crippen LogP contribution in [0, 0.1) is 12.8 Å². The SMILES string of the molecule is Cc1ccccc1C[NH+]1CC[NH+](C[C@H]2CC=CCC2)CC1. The number of piperazine rings is 1. The number of aryl methyl sites for hydroxylation is 1.